The van der Waals surface area contributed by atoms with Crippen LogP contribution in [0.5, 0.6) is 5.75 Å². The number of nitrogens with two attached hydrogens (primary N) is 1. The van der Waals surface area contributed by atoms with Gasteiger partial charge in [0, 0.05) is 12.0 Å². The number of anilines is 1. The van der Waals surface area contributed by atoms with Crippen LogP contribution in [0.1, 0.15) is 30.0 Å². The van der Waals surface area contributed by atoms with E-state index in [-0.39, 0.29) is 11.9 Å². The van der Waals surface area contributed by atoms with Gasteiger partial charge in [0.2, 0.25) is 0 Å². The van der Waals surface area contributed by atoms with Gasteiger partial charge in [0.25, 0.3) is 5.91 Å². The first-order valence-corrected chi connectivity index (χ1v) is 8.95. The molecule has 0 bridgehead atoms. The number of nitrogens with one attached hydrogen (secondary N) is 1. The van der Waals surface area contributed by atoms with Crippen molar-refractivity contribution < 1.29 is 24.4 Å². The zero-order chi connectivity index (χ0) is 19.6. The van der Waals surface area contributed by atoms with E-state index in [2.05, 4.69) is 10.1 Å². The molecule has 0 aliphatic heterocycles. The van der Waals surface area contributed by atoms with Gasteiger partial charge < -0.3 is 20.1 Å². The number of amides is 1. The summed E-state index contributed by atoms with van der Waals surface area (Å²) < 4.78 is 10.0. The summed E-state index contributed by atoms with van der Waals surface area (Å²) in [6.45, 7) is 2.59. The second-order valence-corrected chi connectivity index (χ2v) is 6.29. The lowest BCUT2D eigenvalue weighted by Gasteiger charge is -2.17. The largest absolute Gasteiger partial charge is 0.495 e. The van der Waals surface area contributed by atoms with Gasteiger partial charge in [0.1, 0.15) is 5.75 Å². The van der Waals surface area contributed by atoms with Crippen LogP contribution in [0.15, 0.2) is 48.5 Å². The number of ether oxygens (including phenoxy) is 2. The van der Waals surface area contributed by atoms with Gasteiger partial charge in [-0.25, -0.2) is 0 Å². The fourth-order valence-corrected chi connectivity index (χ4v) is 2.82. The summed E-state index contributed by atoms with van der Waals surface area (Å²) in [7, 11) is 2.95. The van der Waals surface area contributed by atoms with E-state index < -0.39 is 6.04 Å². The van der Waals surface area contributed by atoms with Crippen LogP contribution in [0.4, 0.5) is 5.69 Å². The Morgan fingerprint density at radius 2 is 1.85 bits per heavy atom. The lowest BCUT2D eigenvalue weighted by atomic mass is 10.1. The molecule has 6 nitrogen and oxygen atoms in total. The maximum atomic E-state index is 13.0. The molecule has 0 saturated carbocycles. The normalized spacial score (nSPS) is 11.5. The van der Waals surface area contributed by atoms with Gasteiger partial charge in [-0.2, -0.15) is 0 Å². The molecule has 2 rings (SSSR count). The van der Waals surface area contributed by atoms with Crippen LogP contribution < -0.4 is 15.4 Å². The van der Waals surface area contributed by atoms with E-state index in [1.165, 1.54) is 7.11 Å². The van der Waals surface area contributed by atoms with Crippen molar-refractivity contribution in [3.05, 3.63) is 59.7 Å². The summed E-state index contributed by atoms with van der Waals surface area (Å²) in [5.74, 6) is 0.239. The van der Waals surface area contributed by atoms with Crippen molar-refractivity contribution in [3.63, 3.8) is 0 Å². The van der Waals surface area contributed by atoms with Crippen molar-refractivity contribution in [2.75, 3.05) is 26.1 Å². The van der Waals surface area contributed by atoms with E-state index >= 15 is 0 Å². The van der Waals surface area contributed by atoms with Gasteiger partial charge in [-0.15, -0.1) is 0 Å². The van der Waals surface area contributed by atoms with Crippen molar-refractivity contribution in [2.24, 2.45) is 0 Å². The second kappa shape index (κ2) is 10.3. The number of carbonyl (C=O) groups is 2. The smallest absolute Gasteiger partial charge is 0.305 e. The Morgan fingerprint density at radius 1 is 1.11 bits per heavy atom. The summed E-state index contributed by atoms with van der Waals surface area (Å²) in [6.07, 6.45) is 0.971. The molecule has 2 aromatic rings. The number of benzene rings is 2. The summed E-state index contributed by atoms with van der Waals surface area (Å²) in [5.41, 5.74) is 2.58. The molecular formula is C21H27N2O4+. The third kappa shape index (κ3) is 6.11. The first kappa shape index (κ1) is 20.5. The first-order valence-electron chi connectivity index (χ1n) is 8.95. The lowest BCUT2D eigenvalue weighted by molar-refractivity contribution is -0.682. The standard InChI is InChI=1S/C21H26N2O4/c1-15-11-12-18(26-2)17(14-15)23-21(25)20(16-8-5-4-6-9-16)22-13-7-10-19(24)27-3/h4-6,8-9,11-12,14,20,22H,7,10,13H2,1-3H3,(H,23,25)/p+1/t20-/m0/s1. The predicted octanol–water partition coefficient (Wildman–Crippen LogP) is 2.20. The van der Waals surface area contributed by atoms with Gasteiger partial charge in [0.15, 0.2) is 6.04 Å². The van der Waals surface area contributed by atoms with Gasteiger partial charge >= 0.3 is 5.97 Å². The van der Waals surface area contributed by atoms with Crippen molar-refractivity contribution in [1.29, 1.82) is 0 Å². The number of carbonyl (C=O) groups excluding carboxylic acids is 2. The average molecular weight is 371 g/mol. The van der Waals surface area contributed by atoms with E-state index in [1.807, 2.05) is 60.8 Å². The highest BCUT2D eigenvalue weighted by Gasteiger charge is 2.25. The molecule has 144 valence electrons. The number of hydrogen-bond donors (Lipinski definition) is 2. The van der Waals surface area contributed by atoms with Crippen molar-refractivity contribution in [1.82, 2.24) is 0 Å². The second-order valence-electron chi connectivity index (χ2n) is 6.29. The number of quaternary nitrogens is 1. The molecule has 0 aliphatic rings. The summed E-state index contributed by atoms with van der Waals surface area (Å²) in [6, 6.07) is 14.8. The summed E-state index contributed by atoms with van der Waals surface area (Å²) in [4.78, 5) is 24.3. The average Bonchev–Trinajstić information content (AvgIpc) is 2.68. The van der Waals surface area contributed by atoms with Crippen LogP contribution in [0.2, 0.25) is 0 Å². The van der Waals surface area contributed by atoms with Crippen LogP contribution >= 0.6 is 0 Å². The van der Waals surface area contributed by atoms with Crippen LogP contribution in [0.3, 0.4) is 0 Å². The molecule has 0 radical (unpaired) electrons. The molecule has 1 atom stereocenters. The minimum atomic E-state index is -0.422. The third-order valence-electron chi connectivity index (χ3n) is 4.27. The highest BCUT2D eigenvalue weighted by atomic mass is 16.5. The van der Waals surface area contributed by atoms with Gasteiger partial charge in [-0.1, -0.05) is 36.4 Å². The molecular weight excluding hydrogens is 344 g/mol. The molecule has 0 fully saturated rings. The highest BCUT2D eigenvalue weighted by Crippen LogP contribution is 2.26. The van der Waals surface area contributed by atoms with Gasteiger partial charge in [0.05, 0.1) is 32.9 Å². The topological polar surface area (TPSA) is 81.2 Å². The molecule has 0 heterocycles. The zero-order valence-electron chi connectivity index (χ0n) is 16.0. The number of aryl methyl sites for hydroxylation is 1. The molecule has 3 N–H and O–H groups in total. The molecule has 6 heteroatoms. The Hall–Kier alpha value is -2.86. The highest BCUT2D eigenvalue weighted by molar-refractivity contribution is 5.95. The molecule has 2 aromatic carbocycles. The number of esters is 1. The minimum absolute atomic E-state index is 0.136. The molecule has 0 unspecified atom stereocenters. The van der Waals surface area contributed by atoms with E-state index in [1.54, 1.807) is 7.11 Å². The fraction of sp³-hybridized carbons (Fsp3) is 0.333. The monoisotopic (exact) mass is 371 g/mol. The summed E-state index contributed by atoms with van der Waals surface area (Å²) >= 11 is 0. The maximum Gasteiger partial charge on any atom is 0.305 e. The van der Waals surface area contributed by atoms with E-state index in [4.69, 9.17) is 4.74 Å². The van der Waals surface area contributed by atoms with Crippen molar-refractivity contribution in [3.8, 4) is 5.75 Å². The van der Waals surface area contributed by atoms with Crippen LogP contribution in [0.25, 0.3) is 0 Å². The first-order chi connectivity index (χ1) is 13.0. The molecule has 0 saturated heterocycles. The Bertz CT molecular complexity index is 762. The molecule has 0 aromatic heterocycles. The summed E-state index contributed by atoms with van der Waals surface area (Å²) in [5, 5.41) is 4.92. The quantitative estimate of drug-likeness (QED) is 0.523. The molecule has 1 amide bonds. The van der Waals surface area contributed by atoms with Gasteiger partial charge in [-0.05, 0) is 24.6 Å². The molecule has 0 aliphatic carbocycles. The number of rotatable bonds is 9. The van der Waals surface area contributed by atoms with Crippen LogP contribution in [-0.2, 0) is 14.3 Å². The Kier molecular flexibility index (Phi) is 7.82. The predicted molar refractivity (Wildman–Crippen MR) is 104 cm³/mol. The minimum Gasteiger partial charge on any atom is -0.495 e. The van der Waals surface area contributed by atoms with E-state index in [0.717, 1.165) is 11.1 Å². The number of methoxy groups -OCH3 is 2. The third-order valence-corrected chi connectivity index (χ3v) is 4.27. The fourth-order valence-electron chi connectivity index (χ4n) is 2.82. The van der Waals surface area contributed by atoms with Crippen molar-refractivity contribution in [2.45, 2.75) is 25.8 Å². The maximum absolute atomic E-state index is 13.0. The molecule has 27 heavy (non-hydrogen) atoms. The Morgan fingerprint density at radius 3 is 2.52 bits per heavy atom. The zero-order valence-corrected chi connectivity index (χ0v) is 16.0. The van der Waals surface area contributed by atoms with Crippen molar-refractivity contribution >= 4 is 17.6 Å². The van der Waals surface area contributed by atoms with Crippen LogP contribution in [-0.4, -0.2) is 32.6 Å². The van der Waals surface area contributed by atoms with E-state index in [0.29, 0.717) is 30.8 Å². The van der Waals surface area contributed by atoms with Crippen LogP contribution in [0, 0.1) is 6.92 Å². The molecule has 0 spiro atoms. The Balaban J connectivity index is 2.12. The number of hydrogen-bond acceptors (Lipinski definition) is 4. The SMILES string of the molecule is COC(=O)CCC[NH2+][C@H](C(=O)Nc1cc(C)ccc1OC)c1ccccc1. The Labute approximate surface area is 159 Å². The van der Waals surface area contributed by atoms with E-state index in [9.17, 15) is 9.59 Å². The lowest BCUT2D eigenvalue weighted by Crippen LogP contribution is -2.87. The van der Waals surface area contributed by atoms with Gasteiger partial charge in [-0.3, -0.25) is 9.59 Å².